The lowest BCUT2D eigenvalue weighted by Crippen LogP contribution is -2.49. The van der Waals surface area contributed by atoms with Crippen LogP contribution in [0.2, 0.25) is 0 Å². The Hall–Kier alpha value is -3.96. The van der Waals surface area contributed by atoms with Gasteiger partial charge in [-0.3, -0.25) is 9.69 Å². The molecule has 220 valence electrons. The number of thiazole rings is 1. The summed E-state index contributed by atoms with van der Waals surface area (Å²) < 4.78 is 58.1. The average molecular weight is 599 g/mol. The molecule has 1 fully saturated rings. The number of hydrogen-bond acceptors (Lipinski definition) is 6. The number of carbonyl (C=O) groups is 1. The normalized spacial score (nSPS) is 14.0. The summed E-state index contributed by atoms with van der Waals surface area (Å²) in [5.74, 6) is 0.281. The van der Waals surface area contributed by atoms with Gasteiger partial charge >= 0.3 is 6.18 Å². The molecule has 3 aromatic carbocycles. The number of carbonyl (C=O) groups excluding carboxylic acids is 1. The van der Waals surface area contributed by atoms with Gasteiger partial charge in [-0.2, -0.15) is 13.2 Å². The van der Waals surface area contributed by atoms with Gasteiger partial charge in [0, 0.05) is 50.3 Å². The monoisotopic (exact) mass is 598 g/mol. The fourth-order valence-electron chi connectivity index (χ4n) is 4.89. The number of anilines is 1. The molecule has 11 heteroatoms. The third-order valence-corrected chi connectivity index (χ3v) is 7.95. The lowest BCUT2D eigenvalue weighted by molar-refractivity contribution is -0.137. The predicted octanol–water partition coefficient (Wildman–Crippen LogP) is 6.47. The Labute approximate surface area is 245 Å². The maximum absolute atomic E-state index is 13.5. The molecule has 0 radical (unpaired) electrons. The van der Waals surface area contributed by atoms with E-state index in [-0.39, 0.29) is 11.7 Å². The first-order chi connectivity index (χ1) is 20.2. The summed E-state index contributed by atoms with van der Waals surface area (Å²) in [5, 5.41) is 2.52. The van der Waals surface area contributed by atoms with Gasteiger partial charge in [-0.05, 0) is 53.6 Å². The number of methoxy groups -OCH3 is 1. The van der Waals surface area contributed by atoms with Crippen molar-refractivity contribution >= 4 is 22.9 Å². The van der Waals surface area contributed by atoms with Crippen LogP contribution in [0.15, 0.2) is 78.2 Å². The number of aromatic nitrogens is 1. The van der Waals surface area contributed by atoms with E-state index in [4.69, 9.17) is 4.74 Å². The van der Waals surface area contributed by atoms with E-state index in [2.05, 4.69) is 9.88 Å². The van der Waals surface area contributed by atoms with E-state index < -0.39 is 11.7 Å². The Kier molecular flexibility index (Phi) is 9.08. The van der Waals surface area contributed by atoms with Crippen LogP contribution < -0.4 is 9.64 Å². The largest absolute Gasteiger partial charge is 0.497 e. The molecular weight excluding hydrogens is 568 g/mol. The fourth-order valence-corrected chi connectivity index (χ4v) is 5.70. The molecule has 0 unspecified atom stereocenters. The van der Waals surface area contributed by atoms with Gasteiger partial charge in [0.25, 0.3) is 5.91 Å². The van der Waals surface area contributed by atoms with Crippen LogP contribution in [0.5, 0.6) is 5.75 Å². The zero-order chi connectivity index (χ0) is 29.7. The van der Waals surface area contributed by atoms with Crippen molar-refractivity contribution in [3.63, 3.8) is 0 Å². The summed E-state index contributed by atoms with van der Waals surface area (Å²) in [6.07, 6.45) is -4.40. The second-order valence-corrected chi connectivity index (χ2v) is 11.0. The van der Waals surface area contributed by atoms with Gasteiger partial charge in [-0.25, -0.2) is 9.37 Å². The quantitative estimate of drug-likeness (QED) is 0.207. The van der Waals surface area contributed by atoms with Crippen molar-refractivity contribution in [2.45, 2.75) is 25.8 Å². The number of alkyl halides is 3. The number of rotatable bonds is 9. The van der Waals surface area contributed by atoms with Crippen LogP contribution in [0.25, 0.3) is 0 Å². The van der Waals surface area contributed by atoms with E-state index in [9.17, 15) is 22.4 Å². The summed E-state index contributed by atoms with van der Waals surface area (Å²) in [6.45, 7) is 3.29. The van der Waals surface area contributed by atoms with E-state index in [1.165, 1.54) is 29.5 Å². The number of ether oxygens (including phenoxy) is 1. The second kappa shape index (κ2) is 12.9. The zero-order valence-electron chi connectivity index (χ0n) is 23.0. The zero-order valence-corrected chi connectivity index (χ0v) is 23.8. The van der Waals surface area contributed by atoms with Gasteiger partial charge in [-0.15, -0.1) is 11.3 Å². The van der Waals surface area contributed by atoms with Gasteiger partial charge in [-0.1, -0.05) is 30.3 Å². The van der Waals surface area contributed by atoms with Crippen molar-refractivity contribution in [2.75, 3.05) is 38.2 Å². The number of hydrogen-bond donors (Lipinski definition) is 0. The summed E-state index contributed by atoms with van der Waals surface area (Å²) in [6, 6.07) is 19.4. The molecule has 0 N–H and O–H groups in total. The highest BCUT2D eigenvalue weighted by atomic mass is 32.1. The van der Waals surface area contributed by atoms with E-state index in [0.717, 1.165) is 34.0 Å². The van der Waals surface area contributed by atoms with E-state index in [1.54, 1.807) is 35.6 Å². The predicted molar refractivity (Wildman–Crippen MR) is 154 cm³/mol. The molecule has 1 aliphatic rings. The molecule has 2 heterocycles. The highest BCUT2D eigenvalue weighted by Crippen LogP contribution is 2.32. The lowest BCUT2D eigenvalue weighted by atomic mass is 10.1. The van der Waals surface area contributed by atoms with Crippen molar-refractivity contribution < 1.29 is 27.1 Å². The molecule has 6 nitrogen and oxygen atoms in total. The average Bonchev–Trinajstić information content (AvgIpc) is 3.46. The topological polar surface area (TPSA) is 48.9 Å². The van der Waals surface area contributed by atoms with Gasteiger partial charge in [0.2, 0.25) is 0 Å². The van der Waals surface area contributed by atoms with E-state index in [0.29, 0.717) is 57.2 Å². The highest BCUT2D eigenvalue weighted by molar-refractivity contribution is 7.09. The van der Waals surface area contributed by atoms with E-state index in [1.807, 2.05) is 29.2 Å². The van der Waals surface area contributed by atoms with Crippen molar-refractivity contribution in [3.05, 3.63) is 111 Å². The molecule has 1 saturated heterocycles. The smallest absolute Gasteiger partial charge is 0.416 e. The molecule has 4 aromatic rings. The first-order valence-corrected chi connectivity index (χ1v) is 14.3. The molecule has 5 rings (SSSR count). The molecule has 1 aromatic heterocycles. The molecule has 0 saturated carbocycles. The summed E-state index contributed by atoms with van der Waals surface area (Å²) in [7, 11) is 1.62. The molecule has 1 aliphatic heterocycles. The van der Waals surface area contributed by atoms with Crippen molar-refractivity contribution in [1.29, 1.82) is 0 Å². The van der Waals surface area contributed by atoms with Crippen LogP contribution in [0.1, 0.15) is 32.2 Å². The fraction of sp³-hybridized carbons (Fsp3) is 0.290. The molecular formula is C31H30F4N4O2S. The van der Waals surface area contributed by atoms with Crippen molar-refractivity contribution in [2.24, 2.45) is 0 Å². The van der Waals surface area contributed by atoms with Crippen molar-refractivity contribution in [3.8, 4) is 5.75 Å². The Morgan fingerprint density at radius 1 is 0.929 bits per heavy atom. The minimum Gasteiger partial charge on any atom is -0.497 e. The number of benzene rings is 3. The Morgan fingerprint density at radius 2 is 1.57 bits per heavy atom. The van der Waals surface area contributed by atoms with Crippen molar-refractivity contribution in [1.82, 2.24) is 14.8 Å². The molecule has 0 atom stereocenters. The number of nitrogens with zero attached hydrogens (tertiary/aromatic N) is 4. The number of halogens is 4. The van der Waals surface area contributed by atoms with Gasteiger partial charge in [0.15, 0.2) is 0 Å². The number of piperazine rings is 1. The van der Waals surface area contributed by atoms with E-state index >= 15 is 0 Å². The van der Waals surface area contributed by atoms with Crippen LogP contribution in [0, 0.1) is 5.82 Å². The standard InChI is InChI=1S/C31H30F4N4O2S/c1-41-27-11-7-23(8-12-27)19-37(18-22-5-9-25(32)10-6-22)20-29-36-28(21-42-29)30(40)39-15-13-38(14-16-39)26-4-2-3-24(17-26)31(33,34)35/h2-12,17,21H,13-16,18-20H2,1H3. The van der Waals surface area contributed by atoms with Crippen LogP contribution in [-0.2, 0) is 25.8 Å². The summed E-state index contributed by atoms with van der Waals surface area (Å²) >= 11 is 1.40. The minimum atomic E-state index is -4.40. The van der Waals surface area contributed by atoms with Crippen LogP contribution in [0.4, 0.5) is 23.2 Å². The molecule has 0 spiro atoms. The van der Waals surface area contributed by atoms with Gasteiger partial charge in [0.05, 0.1) is 19.2 Å². The van der Waals surface area contributed by atoms with Gasteiger partial charge < -0.3 is 14.5 Å². The minimum absolute atomic E-state index is 0.193. The van der Waals surface area contributed by atoms with Crippen LogP contribution >= 0.6 is 11.3 Å². The molecule has 0 aliphatic carbocycles. The van der Waals surface area contributed by atoms with Crippen LogP contribution in [-0.4, -0.2) is 54.0 Å². The highest BCUT2D eigenvalue weighted by Gasteiger charge is 2.31. The summed E-state index contributed by atoms with van der Waals surface area (Å²) in [4.78, 5) is 23.6. The first kappa shape index (κ1) is 29.5. The lowest BCUT2D eigenvalue weighted by Gasteiger charge is -2.36. The molecule has 0 bridgehead atoms. The maximum Gasteiger partial charge on any atom is 0.416 e. The first-order valence-electron chi connectivity index (χ1n) is 13.4. The van der Waals surface area contributed by atoms with Gasteiger partial charge in [0.1, 0.15) is 22.3 Å². The summed E-state index contributed by atoms with van der Waals surface area (Å²) in [5.41, 5.74) is 2.19. The Bertz CT molecular complexity index is 1480. The second-order valence-electron chi connectivity index (χ2n) is 10.1. The van der Waals surface area contributed by atoms with Crippen LogP contribution in [0.3, 0.4) is 0 Å². The molecule has 1 amide bonds. The Balaban J connectivity index is 1.23. The third kappa shape index (κ3) is 7.46. The SMILES string of the molecule is COc1ccc(CN(Cc2ccc(F)cc2)Cc2nc(C(=O)N3CCN(c4cccc(C(F)(F)F)c4)CC3)cs2)cc1. The third-order valence-electron chi connectivity index (χ3n) is 7.12. The maximum atomic E-state index is 13.5. The Morgan fingerprint density at radius 3 is 2.19 bits per heavy atom. The molecule has 42 heavy (non-hydrogen) atoms. The number of amides is 1.